The van der Waals surface area contributed by atoms with Crippen LogP contribution in [0.1, 0.15) is 41.5 Å². The number of hydrogen-bond acceptors (Lipinski definition) is 3. The summed E-state index contributed by atoms with van der Waals surface area (Å²) in [4.78, 5) is 11.9. The molecule has 0 aliphatic carbocycles. The molecule has 0 aliphatic rings. The zero-order valence-electron chi connectivity index (χ0n) is 10.6. The molecule has 0 rings (SSSR count). The summed E-state index contributed by atoms with van der Waals surface area (Å²) in [6.45, 7) is 11.6. The van der Waals surface area contributed by atoms with Gasteiger partial charge in [0.15, 0.2) is 0 Å². The number of carbonyl (C=O) groups is 1. The highest BCUT2D eigenvalue weighted by Gasteiger charge is 2.33. The minimum atomic E-state index is -0.610. The van der Waals surface area contributed by atoms with E-state index >= 15 is 0 Å². The van der Waals surface area contributed by atoms with Crippen LogP contribution in [0, 0.1) is 0 Å². The Morgan fingerprint density at radius 3 is 2.13 bits per heavy atom. The summed E-state index contributed by atoms with van der Waals surface area (Å²) in [7, 11) is 0. The summed E-state index contributed by atoms with van der Waals surface area (Å²) < 4.78 is 0. The summed E-state index contributed by atoms with van der Waals surface area (Å²) >= 11 is 0. The van der Waals surface area contributed by atoms with Crippen LogP contribution >= 0.6 is 0 Å². The van der Waals surface area contributed by atoms with Crippen molar-refractivity contribution in [3.63, 3.8) is 0 Å². The van der Waals surface area contributed by atoms with E-state index in [1.54, 1.807) is 20.8 Å². The fourth-order valence-electron chi connectivity index (χ4n) is 1.08. The molecular formula is C11H24N2O2. The Kier molecular flexibility index (Phi) is 4.74. The van der Waals surface area contributed by atoms with E-state index in [0.717, 1.165) is 6.54 Å². The van der Waals surface area contributed by atoms with Gasteiger partial charge in [-0.1, -0.05) is 6.92 Å². The summed E-state index contributed by atoms with van der Waals surface area (Å²) in [5.41, 5.74) is -1.22. The Hall–Kier alpha value is -0.610. The van der Waals surface area contributed by atoms with Crippen molar-refractivity contribution >= 4 is 5.91 Å². The van der Waals surface area contributed by atoms with Gasteiger partial charge >= 0.3 is 0 Å². The van der Waals surface area contributed by atoms with Gasteiger partial charge in [-0.05, 0) is 41.2 Å². The van der Waals surface area contributed by atoms with Crippen LogP contribution in [-0.4, -0.2) is 34.7 Å². The number of aliphatic hydroxyl groups is 1. The lowest BCUT2D eigenvalue weighted by atomic mass is 9.95. The van der Waals surface area contributed by atoms with Gasteiger partial charge in [-0.2, -0.15) is 0 Å². The number of amides is 1. The molecule has 4 heteroatoms. The highest BCUT2D eigenvalue weighted by molar-refractivity contribution is 5.86. The molecule has 0 fully saturated rings. The lowest BCUT2D eigenvalue weighted by Crippen LogP contribution is -2.60. The molecule has 0 saturated carbocycles. The van der Waals surface area contributed by atoms with Crippen molar-refractivity contribution < 1.29 is 9.90 Å². The fourth-order valence-corrected chi connectivity index (χ4v) is 1.08. The van der Waals surface area contributed by atoms with Crippen molar-refractivity contribution in [3.05, 3.63) is 0 Å². The predicted octanol–water partition coefficient (Wildman–Crippen LogP) is 0.650. The quantitative estimate of drug-likeness (QED) is 0.632. The van der Waals surface area contributed by atoms with E-state index in [2.05, 4.69) is 10.6 Å². The first-order chi connectivity index (χ1) is 6.63. The van der Waals surface area contributed by atoms with Crippen molar-refractivity contribution in [2.24, 2.45) is 0 Å². The first kappa shape index (κ1) is 14.4. The first-order valence-corrected chi connectivity index (χ1v) is 5.39. The van der Waals surface area contributed by atoms with Gasteiger partial charge in [0.25, 0.3) is 0 Å². The average Bonchev–Trinajstić information content (AvgIpc) is 2.02. The van der Waals surface area contributed by atoms with Gasteiger partial charge in [0.1, 0.15) is 0 Å². The van der Waals surface area contributed by atoms with Gasteiger partial charge in [0.05, 0.1) is 17.2 Å². The number of aliphatic hydroxyl groups excluding tert-OH is 1. The normalized spacial score (nSPS) is 14.9. The van der Waals surface area contributed by atoms with Gasteiger partial charge < -0.3 is 15.7 Å². The third kappa shape index (κ3) is 4.18. The molecule has 1 amide bonds. The van der Waals surface area contributed by atoms with Crippen LogP contribution in [0.4, 0.5) is 0 Å². The van der Waals surface area contributed by atoms with Crippen molar-refractivity contribution in [2.45, 2.75) is 58.7 Å². The van der Waals surface area contributed by atoms with Gasteiger partial charge in [-0.3, -0.25) is 4.79 Å². The third-order valence-corrected chi connectivity index (χ3v) is 2.67. The summed E-state index contributed by atoms with van der Waals surface area (Å²) in [6.07, 6.45) is -0.584. The molecule has 0 heterocycles. The molecule has 0 saturated heterocycles. The second kappa shape index (κ2) is 4.94. The number of likely N-dealkylation sites (N-methyl/N-ethyl adjacent to an activating group) is 1. The fraction of sp³-hybridized carbons (Fsp3) is 0.909. The smallest absolute Gasteiger partial charge is 0.240 e. The highest BCUT2D eigenvalue weighted by atomic mass is 16.3. The first-order valence-electron chi connectivity index (χ1n) is 5.39. The number of hydrogen-bond donors (Lipinski definition) is 3. The number of nitrogens with one attached hydrogen (secondary N) is 2. The van der Waals surface area contributed by atoms with Crippen LogP contribution in [0.25, 0.3) is 0 Å². The SMILES string of the molecule is CCNC(C)(C)C(=O)NC(C)(C)C(C)O. The Morgan fingerprint density at radius 1 is 1.33 bits per heavy atom. The molecule has 0 aliphatic heterocycles. The van der Waals surface area contributed by atoms with Crippen molar-refractivity contribution in [2.75, 3.05) is 6.54 Å². The molecule has 15 heavy (non-hydrogen) atoms. The molecule has 90 valence electrons. The summed E-state index contributed by atoms with van der Waals surface area (Å²) in [5, 5.41) is 15.4. The van der Waals surface area contributed by atoms with Crippen molar-refractivity contribution in [1.82, 2.24) is 10.6 Å². The van der Waals surface area contributed by atoms with E-state index in [-0.39, 0.29) is 5.91 Å². The van der Waals surface area contributed by atoms with Crippen molar-refractivity contribution in [1.29, 1.82) is 0 Å². The standard InChI is InChI=1S/C11H24N2O2/c1-7-12-11(5,6)9(15)13-10(3,4)8(2)14/h8,12,14H,7H2,1-6H3,(H,13,15). The molecule has 4 nitrogen and oxygen atoms in total. The largest absolute Gasteiger partial charge is 0.391 e. The number of carbonyl (C=O) groups excluding carboxylic acids is 1. The maximum absolute atomic E-state index is 11.9. The van der Waals surface area contributed by atoms with Crippen molar-refractivity contribution in [3.8, 4) is 0 Å². The average molecular weight is 216 g/mol. The van der Waals surface area contributed by atoms with Crippen LogP contribution in [0.15, 0.2) is 0 Å². The minimum absolute atomic E-state index is 0.102. The van der Waals surface area contributed by atoms with E-state index in [1.165, 1.54) is 0 Å². The maximum atomic E-state index is 11.9. The van der Waals surface area contributed by atoms with Gasteiger partial charge in [-0.25, -0.2) is 0 Å². The Bertz CT molecular complexity index is 223. The van der Waals surface area contributed by atoms with E-state index < -0.39 is 17.2 Å². The Balaban J connectivity index is 4.49. The molecule has 1 atom stereocenters. The summed E-state index contributed by atoms with van der Waals surface area (Å²) in [5.74, 6) is -0.102. The zero-order valence-corrected chi connectivity index (χ0v) is 10.6. The Labute approximate surface area is 92.4 Å². The van der Waals surface area contributed by atoms with Gasteiger partial charge in [-0.15, -0.1) is 0 Å². The molecule has 0 spiro atoms. The molecule has 0 radical (unpaired) electrons. The topological polar surface area (TPSA) is 61.4 Å². The third-order valence-electron chi connectivity index (χ3n) is 2.67. The second-order valence-electron chi connectivity index (χ2n) is 5.01. The van der Waals surface area contributed by atoms with Gasteiger partial charge in [0.2, 0.25) is 5.91 Å². The molecule has 3 N–H and O–H groups in total. The van der Waals surface area contributed by atoms with Crippen LogP contribution < -0.4 is 10.6 Å². The molecule has 0 aromatic rings. The lowest BCUT2D eigenvalue weighted by Gasteiger charge is -2.34. The van der Waals surface area contributed by atoms with E-state index in [9.17, 15) is 9.90 Å². The molecule has 1 unspecified atom stereocenters. The van der Waals surface area contributed by atoms with E-state index in [0.29, 0.717) is 0 Å². The maximum Gasteiger partial charge on any atom is 0.240 e. The lowest BCUT2D eigenvalue weighted by molar-refractivity contribution is -0.129. The minimum Gasteiger partial charge on any atom is -0.391 e. The predicted molar refractivity (Wildman–Crippen MR) is 61.7 cm³/mol. The molecule has 0 bridgehead atoms. The summed E-state index contributed by atoms with van der Waals surface area (Å²) in [6, 6.07) is 0. The van der Waals surface area contributed by atoms with E-state index in [1.807, 2.05) is 20.8 Å². The Morgan fingerprint density at radius 2 is 1.80 bits per heavy atom. The van der Waals surface area contributed by atoms with E-state index in [4.69, 9.17) is 0 Å². The van der Waals surface area contributed by atoms with Crippen LogP contribution in [0.2, 0.25) is 0 Å². The monoisotopic (exact) mass is 216 g/mol. The molecule has 0 aromatic heterocycles. The second-order valence-corrected chi connectivity index (χ2v) is 5.01. The van der Waals surface area contributed by atoms with Crippen LogP contribution in [0.5, 0.6) is 0 Å². The zero-order chi connectivity index (χ0) is 12.3. The van der Waals surface area contributed by atoms with Crippen LogP contribution in [0.3, 0.4) is 0 Å². The van der Waals surface area contributed by atoms with Gasteiger partial charge in [0, 0.05) is 0 Å². The number of rotatable bonds is 5. The van der Waals surface area contributed by atoms with Crippen LogP contribution in [-0.2, 0) is 4.79 Å². The molecular weight excluding hydrogens is 192 g/mol. The molecule has 0 aromatic carbocycles. The highest BCUT2D eigenvalue weighted by Crippen LogP contribution is 2.11.